The van der Waals surface area contributed by atoms with Gasteiger partial charge in [0.2, 0.25) is 0 Å². The molecule has 0 aliphatic heterocycles. The first-order valence-electron chi connectivity index (χ1n) is 9.89. The summed E-state index contributed by atoms with van der Waals surface area (Å²) in [6.45, 7) is 0.448. The Morgan fingerprint density at radius 2 is 1.80 bits per heavy atom. The Hall–Kier alpha value is -3.57. The molecule has 2 N–H and O–H groups in total. The number of aromatic nitrogens is 1. The van der Waals surface area contributed by atoms with E-state index >= 15 is 0 Å². The standard InChI is InChI=1S/C25H24N2O3/c1-30-20-11-7-10-19(16-20)26-24(18-8-3-2-4-9-18)25(29)22-17-27(14-15-28)23-13-6-5-12-21(22)23/h2-13,16-17,24,26,28H,14-15H2,1H3. The Morgan fingerprint density at radius 1 is 1.03 bits per heavy atom. The van der Waals surface area contributed by atoms with Crippen molar-refractivity contribution in [3.05, 3.63) is 96.2 Å². The second-order valence-corrected chi connectivity index (χ2v) is 7.06. The van der Waals surface area contributed by atoms with Gasteiger partial charge in [-0.2, -0.15) is 0 Å². The van der Waals surface area contributed by atoms with Crippen LogP contribution in [-0.4, -0.2) is 29.2 Å². The van der Waals surface area contributed by atoms with Gasteiger partial charge in [-0.15, -0.1) is 0 Å². The zero-order valence-electron chi connectivity index (χ0n) is 16.8. The summed E-state index contributed by atoms with van der Waals surface area (Å²) in [5.74, 6) is 0.690. The molecule has 1 heterocycles. The van der Waals surface area contributed by atoms with Gasteiger partial charge < -0.3 is 19.7 Å². The van der Waals surface area contributed by atoms with Crippen molar-refractivity contribution < 1.29 is 14.6 Å². The molecule has 30 heavy (non-hydrogen) atoms. The second-order valence-electron chi connectivity index (χ2n) is 7.06. The van der Waals surface area contributed by atoms with E-state index in [9.17, 15) is 9.90 Å². The van der Waals surface area contributed by atoms with Gasteiger partial charge in [0.05, 0.1) is 13.7 Å². The summed E-state index contributed by atoms with van der Waals surface area (Å²) in [7, 11) is 1.62. The summed E-state index contributed by atoms with van der Waals surface area (Å²) >= 11 is 0. The number of aliphatic hydroxyl groups excluding tert-OH is 1. The maximum atomic E-state index is 13.8. The summed E-state index contributed by atoms with van der Waals surface area (Å²) < 4.78 is 7.25. The molecule has 1 aromatic heterocycles. The van der Waals surface area contributed by atoms with E-state index in [0.717, 1.165) is 27.9 Å². The van der Waals surface area contributed by atoms with E-state index < -0.39 is 6.04 Å². The SMILES string of the molecule is COc1cccc(NC(C(=O)c2cn(CCO)c3ccccc23)c2ccccc2)c1. The average Bonchev–Trinajstić information content (AvgIpc) is 3.17. The maximum Gasteiger partial charge on any atom is 0.191 e. The molecule has 5 heteroatoms. The summed E-state index contributed by atoms with van der Waals surface area (Å²) in [6.07, 6.45) is 1.84. The van der Waals surface area contributed by atoms with E-state index in [2.05, 4.69) is 5.32 Å². The summed E-state index contributed by atoms with van der Waals surface area (Å²) in [4.78, 5) is 13.8. The van der Waals surface area contributed by atoms with Gasteiger partial charge in [0.25, 0.3) is 0 Å². The van der Waals surface area contributed by atoms with Crippen LogP contribution in [0.15, 0.2) is 85.1 Å². The fourth-order valence-corrected chi connectivity index (χ4v) is 3.72. The quantitative estimate of drug-likeness (QED) is 0.422. The van der Waals surface area contributed by atoms with Crippen molar-refractivity contribution >= 4 is 22.4 Å². The van der Waals surface area contributed by atoms with Crippen molar-refractivity contribution in [2.45, 2.75) is 12.6 Å². The van der Waals surface area contributed by atoms with Crippen LogP contribution < -0.4 is 10.1 Å². The number of fused-ring (bicyclic) bond motifs is 1. The highest BCUT2D eigenvalue weighted by molar-refractivity contribution is 6.11. The van der Waals surface area contributed by atoms with Gasteiger partial charge in [-0.25, -0.2) is 0 Å². The van der Waals surface area contributed by atoms with Crippen LogP contribution in [0.1, 0.15) is 22.0 Å². The lowest BCUT2D eigenvalue weighted by Gasteiger charge is -2.19. The van der Waals surface area contributed by atoms with Gasteiger partial charge >= 0.3 is 0 Å². The minimum absolute atomic E-state index is 0.0104. The number of nitrogens with zero attached hydrogens (tertiary/aromatic N) is 1. The average molecular weight is 400 g/mol. The molecule has 0 spiro atoms. The predicted octanol–water partition coefficient (Wildman–Crippen LogP) is 4.68. The molecular formula is C25H24N2O3. The molecule has 152 valence electrons. The predicted molar refractivity (Wildman–Crippen MR) is 119 cm³/mol. The van der Waals surface area contributed by atoms with Crippen LogP contribution >= 0.6 is 0 Å². The summed E-state index contributed by atoms with van der Waals surface area (Å²) in [5, 5.41) is 13.7. The molecule has 4 rings (SSSR count). The van der Waals surface area contributed by atoms with Crippen molar-refractivity contribution in [3.8, 4) is 5.75 Å². The number of hydrogen-bond donors (Lipinski definition) is 2. The fourth-order valence-electron chi connectivity index (χ4n) is 3.72. The zero-order valence-corrected chi connectivity index (χ0v) is 16.8. The highest BCUT2D eigenvalue weighted by Crippen LogP contribution is 2.30. The van der Waals surface area contributed by atoms with E-state index in [1.165, 1.54) is 0 Å². The lowest BCUT2D eigenvalue weighted by atomic mass is 9.96. The molecule has 0 radical (unpaired) electrons. The monoisotopic (exact) mass is 400 g/mol. The van der Waals surface area contributed by atoms with Crippen molar-refractivity contribution in [2.24, 2.45) is 0 Å². The summed E-state index contributed by atoms with van der Waals surface area (Å²) in [6, 6.07) is 24.5. The van der Waals surface area contributed by atoms with Crippen molar-refractivity contribution in [2.75, 3.05) is 19.0 Å². The Balaban J connectivity index is 1.78. The molecular weight excluding hydrogens is 376 g/mol. The van der Waals surface area contributed by atoms with Gasteiger partial charge in [0.1, 0.15) is 11.8 Å². The molecule has 1 unspecified atom stereocenters. The topological polar surface area (TPSA) is 63.5 Å². The number of anilines is 1. The largest absolute Gasteiger partial charge is 0.497 e. The lowest BCUT2D eigenvalue weighted by molar-refractivity contribution is 0.0971. The first-order chi connectivity index (χ1) is 14.7. The molecule has 0 amide bonds. The molecule has 5 nitrogen and oxygen atoms in total. The van der Waals surface area contributed by atoms with Crippen LogP contribution in [0.3, 0.4) is 0 Å². The molecule has 3 aromatic carbocycles. The van der Waals surface area contributed by atoms with Gasteiger partial charge in [-0.1, -0.05) is 54.6 Å². The number of carbonyl (C=O) groups excluding carboxylic acids is 1. The maximum absolute atomic E-state index is 13.8. The third-order valence-corrected chi connectivity index (χ3v) is 5.17. The summed E-state index contributed by atoms with van der Waals surface area (Å²) in [5.41, 5.74) is 3.24. The molecule has 0 saturated carbocycles. The van der Waals surface area contributed by atoms with Crippen LogP contribution in [0.4, 0.5) is 5.69 Å². The molecule has 0 bridgehead atoms. The Labute approximate surface area is 175 Å². The molecule has 1 atom stereocenters. The van der Waals surface area contributed by atoms with E-state index in [1.54, 1.807) is 7.11 Å². The third kappa shape index (κ3) is 3.93. The number of carbonyl (C=O) groups is 1. The van der Waals surface area contributed by atoms with Crippen LogP contribution in [0.5, 0.6) is 5.75 Å². The zero-order chi connectivity index (χ0) is 20.9. The van der Waals surface area contributed by atoms with Gasteiger partial charge in [0, 0.05) is 41.0 Å². The number of benzene rings is 3. The highest BCUT2D eigenvalue weighted by atomic mass is 16.5. The Kier molecular flexibility index (Phi) is 5.82. The van der Waals surface area contributed by atoms with Crippen LogP contribution in [-0.2, 0) is 6.54 Å². The number of nitrogens with one attached hydrogen (secondary N) is 1. The van der Waals surface area contributed by atoms with E-state index in [0.29, 0.717) is 12.1 Å². The number of methoxy groups -OCH3 is 1. The van der Waals surface area contributed by atoms with Gasteiger partial charge in [-0.3, -0.25) is 4.79 Å². The number of rotatable bonds is 8. The highest BCUT2D eigenvalue weighted by Gasteiger charge is 2.25. The number of para-hydroxylation sites is 1. The van der Waals surface area contributed by atoms with E-state index in [1.807, 2.05) is 89.6 Å². The second kappa shape index (κ2) is 8.84. The van der Waals surface area contributed by atoms with Crippen molar-refractivity contribution in [3.63, 3.8) is 0 Å². The number of Topliss-reactive ketones (excluding diaryl/α,β-unsaturated/α-hetero) is 1. The van der Waals surface area contributed by atoms with Gasteiger partial charge in [0.15, 0.2) is 5.78 Å². The van der Waals surface area contributed by atoms with Crippen LogP contribution in [0.2, 0.25) is 0 Å². The minimum Gasteiger partial charge on any atom is -0.497 e. The van der Waals surface area contributed by atoms with Crippen molar-refractivity contribution in [1.82, 2.24) is 4.57 Å². The number of ether oxygens (including phenoxy) is 1. The van der Waals surface area contributed by atoms with Crippen LogP contribution in [0.25, 0.3) is 10.9 Å². The fraction of sp³-hybridized carbons (Fsp3) is 0.160. The lowest BCUT2D eigenvalue weighted by Crippen LogP contribution is -2.21. The molecule has 0 aliphatic carbocycles. The van der Waals surface area contributed by atoms with Gasteiger partial charge in [-0.05, 0) is 23.8 Å². The van der Waals surface area contributed by atoms with E-state index in [-0.39, 0.29) is 12.4 Å². The van der Waals surface area contributed by atoms with E-state index in [4.69, 9.17) is 4.74 Å². The smallest absolute Gasteiger partial charge is 0.191 e. The normalized spacial score (nSPS) is 11.9. The Morgan fingerprint density at radius 3 is 2.57 bits per heavy atom. The third-order valence-electron chi connectivity index (χ3n) is 5.17. The molecule has 0 aliphatic rings. The first-order valence-corrected chi connectivity index (χ1v) is 9.89. The molecule has 0 fully saturated rings. The molecule has 4 aromatic rings. The Bertz CT molecular complexity index is 1150. The minimum atomic E-state index is -0.563. The number of aliphatic hydroxyl groups is 1. The number of ketones is 1. The van der Waals surface area contributed by atoms with Crippen LogP contribution in [0, 0.1) is 0 Å². The number of hydrogen-bond acceptors (Lipinski definition) is 4. The first kappa shape index (κ1) is 19.7. The molecule has 0 saturated heterocycles. The van der Waals surface area contributed by atoms with Crippen molar-refractivity contribution in [1.29, 1.82) is 0 Å².